The quantitative estimate of drug-likeness (QED) is 0.840. The third kappa shape index (κ3) is 2.71. The Labute approximate surface area is 106 Å². The Bertz CT molecular complexity index is 541. The lowest BCUT2D eigenvalue weighted by Gasteiger charge is -2.11. The molecule has 0 unspecified atom stereocenters. The molecule has 4 heteroatoms. The highest BCUT2D eigenvalue weighted by atomic mass is 16.5. The molecule has 0 atom stereocenters. The number of aromatic nitrogens is 1. The topological polar surface area (TPSA) is 57.4 Å². The number of ether oxygens (including phenoxy) is 2. The van der Waals surface area contributed by atoms with Crippen LogP contribution >= 0.6 is 0 Å². The lowest BCUT2D eigenvalue weighted by Crippen LogP contribution is -2.02. The van der Waals surface area contributed by atoms with Gasteiger partial charge in [-0.05, 0) is 36.8 Å². The molecule has 2 N–H and O–H groups in total. The molecule has 0 aliphatic carbocycles. The first-order chi connectivity index (χ1) is 8.70. The number of hydrogen-bond acceptors (Lipinski definition) is 4. The fraction of sp³-hybridized carbons (Fsp3) is 0.214. The van der Waals surface area contributed by atoms with E-state index in [2.05, 4.69) is 4.98 Å². The molecule has 2 rings (SSSR count). The van der Waals surface area contributed by atoms with Crippen LogP contribution in [0.4, 0.5) is 5.69 Å². The molecule has 0 aliphatic heterocycles. The van der Waals surface area contributed by atoms with Gasteiger partial charge in [0.2, 0.25) is 5.88 Å². The molecule has 1 aromatic carbocycles. The van der Waals surface area contributed by atoms with Gasteiger partial charge in [-0.2, -0.15) is 0 Å². The predicted molar refractivity (Wildman–Crippen MR) is 70.7 cm³/mol. The van der Waals surface area contributed by atoms with Crippen molar-refractivity contribution in [1.82, 2.24) is 4.98 Å². The van der Waals surface area contributed by atoms with E-state index in [1.165, 1.54) is 0 Å². The van der Waals surface area contributed by atoms with Crippen LogP contribution in [0.2, 0.25) is 0 Å². The minimum Gasteiger partial charge on any atom is -0.487 e. The maximum absolute atomic E-state index is 5.88. The largest absolute Gasteiger partial charge is 0.487 e. The molecule has 94 valence electrons. The number of nitrogens with zero attached hydrogens (tertiary/aromatic N) is 1. The lowest BCUT2D eigenvalue weighted by atomic mass is 10.2. The molecule has 1 aromatic heterocycles. The molecule has 0 saturated carbocycles. The average Bonchev–Trinajstić information content (AvgIpc) is 2.38. The number of nitrogen functional groups attached to an aromatic ring is 1. The first kappa shape index (κ1) is 12.2. The third-order valence-electron chi connectivity index (χ3n) is 2.59. The smallest absolute Gasteiger partial charge is 0.219 e. The van der Waals surface area contributed by atoms with Crippen LogP contribution in [0.25, 0.3) is 0 Å². The van der Waals surface area contributed by atoms with Gasteiger partial charge >= 0.3 is 0 Å². The van der Waals surface area contributed by atoms with E-state index in [1.54, 1.807) is 13.3 Å². The number of pyridine rings is 1. The van der Waals surface area contributed by atoms with Crippen molar-refractivity contribution in [1.29, 1.82) is 0 Å². The molecule has 0 bridgehead atoms. The van der Waals surface area contributed by atoms with E-state index in [1.807, 2.05) is 37.3 Å². The summed E-state index contributed by atoms with van der Waals surface area (Å²) in [5.41, 5.74) is 8.52. The zero-order chi connectivity index (χ0) is 13.0. The lowest BCUT2D eigenvalue weighted by molar-refractivity contribution is 0.295. The zero-order valence-electron chi connectivity index (χ0n) is 10.5. The highest BCUT2D eigenvalue weighted by Gasteiger charge is 2.06. The minimum absolute atomic E-state index is 0.379. The predicted octanol–water partition coefficient (Wildman–Crippen LogP) is 2.56. The van der Waals surface area contributed by atoms with Crippen molar-refractivity contribution >= 4 is 5.69 Å². The van der Waals surface area contributed by atoms with Crippen molar-refractivity contribution in [3.05, 3.63) is 47.7 Å². The molecule has 0 radical (unpaired) electrons. The fourth-order valence-electron chi connectivity index (χ4n) is 1.67. The van der Waals surface area contributed by atoms with Gasteiger partial charge in [0, 0.05) is 6.20 Å². The van der Waals surface area contributed by atoms with Crippen molar-refractivity contribution in [2.75, 3.05) is 12.8 Å². The van der Waals surface area contributed by atoms with Crippen LogP contribution < -0.4 is 15.2 Å². The van der Waals surface area contributed by atoms with Gasteiger partial charge in [-0.15, -0.1) is 0 Å². The number of anilines is 1. The second kappa shape index (κ2) is 5.40. The highest BCUT2D eigenvalue weighted by molar-refractivity contribution is 5.54. The van der Waals surface area contributed by atoms with E-state index >= 15 is 0 Å². The standard InChI is InChI=1S/C14H16N2O2/c1-10-5-6-13(12(15)8-10)18-9-11-4-3-7-16-14(11)17-2/h3-8H,9,15H2,1-2H3. The molecule has 2 aromatic rings. The SMILES string of the molecule is COc1ncccc1COc1ccc(C)cc1N. The molecule has 0 saturated heterocycles. The van der Waals surface area contributed by atoms with Crippen molar-refractivity contribution in [3.63, 3.8) is 0 Å². The molecular weight excluding hydrogens is 228 g/mol. The second-order valence-corrected chi connectivity index (χ2v) is 4.00. The van der Waals surface area contributed by atoms with E-state index in [9.17, 15) is 0 Å². The van der Waals surface area contributed by atoms with Gasteiger partial charge in [-0.1, -0.05) is 6.07 Å². The normalized spacial score (nSPS) is 10.1. The summed E-state index contributed by atoms with van der Waals surface area (Å²) in [5.74, 6) is 1.25. The monoisotopic (exact) mass is 244 g/mol. The van der Waals surface area contributed by atoms with Crippen molar-refractivity contribution in [3.8, 4) is 11.6 Å². The Balaban J connectivity index is 2.11. The Hall–Kier alpha value is -2.23. The van der Waals surface area contributed by atoms with E-state index < -0.39 is 0 Å². The van der Waals surface area contributed by atoms with Crippen LogP contribution in [0.15, 0.2) is 36.5 Å². The first-order valence-electron chi connectivity index (χ1n) is 5.67. The third-order valence-corrected chi connectivity index (χ3v) is 2.59. The maximum atomic E-state index is 5.88. The fourth-order valence-corrected chi connectivity index (χ4v) is 1.67. The van der Waals surface area contributed by atoms with Gasteiger partial charge < -0.3 is 15.2 Å². The summed E-state index contributed by atoms with van der Waals surface area (Å²) in [6.45, 7) is 2.37. The van der Waals surface area contributed by atoms with Gasteiger partial charge in [0.05, 0.1) is 18.4 Å². The molecule has 0 amide bonds. The van der Waals surface area contributed by atoms with Gasteiger partial charge in [0.25, 0.3) is 0 Å². The number of benzene rings is 1. The van der Waals surface area contributed by atoms with Crippen LogP contribution in [0.3, 0.4) is 0 Å². The zero-order valence-corrected chi connectivity index (χ0v) is 10.5. The molecule has 18 heavy (non-hydrogen) atoms. The molecule has 0 fully saturated rings. The summed E-state index contributed by atoms with van der Waals surface area (Å²) < 4.78 is 10.8. The Morgan fingerprint density at radius 2 is 2.11 bits per heavy atom. The average molecular weight is 244 g/mol. The molecule has 4 nitrogen and oxygen atoms in total. The number of aryl methyl sites for hydroxylation is 1. The van der Waals surface area contributed by atoms with Crippen molar-refractivity contribution in [2.45, 2.75) is 13.5 Å². The summed E-state index contributed by atoms with van der Waals surface area (Å²) in [6.07, 6.45) is 1.68. The van der Waals surface area contributed by atoms with Gasteiger partial charge in [-0.25, -0.2) is 4.98 Å². The summed E-state index contributed by atoms with van der Waals surface area (Å²) in [6, 6.07) is 9.48. The Morgan fingerprint density at radius 3 is 2.83 bits per heavy atom. The molecule has 0 spiro atoms. The number of methoxy groups -OCH3 is 1. The number of rotatable bonds is 4. The van der Waals surface area contributed by atoms with E-state index in [4.69, 9.17) is 15.2 Å². The molecular formula is C14H16N2O2. The van der Waals surface area contributed by atoms with Crippen LogP contribution in [0.1, 0.15) is 11.1 Å². The van der Waals surface area contributed by atoms with E-state index in [0.29, 0.717) is 23.9 Å². The van der Waals surface area contributed by atoms with E-state index in [0.717, 1.165) is 11.1 Å². The summed E-state index contributed by atoms with van der Waals surface area (Å²) in [7, 11) is 1.59. The van der Waals surface area contributed by atoms with Crippen molar-refractivity contribution < 1.29 is 9.47 Å². The van der Waals surface area contributed by atoms with E-state index in [-0.39, 0.29) is 0 Å². The molecule has 1 heterocycles. The Morgan fingerprint density at radius 1 is 1.28 bits per heavy atom. The first-order valence-corrected chi connectivity index (χ1v) is 5.67. The number of hydrogen-bond donors (Lipinski definition) is 1. The number of nitrogens with two attached hydrogens (primary N) is 1. The van der Waals surface area contributed by atoms with Gasteiger partial charge in [0.15, 0.2) is 0 Å². The minimum atomic E-state index is 0.379. The molecule has 0 aliphatic rings. The second-order valence-electron chi connectivity index (χ2n) is 4.00. The summed E-state index contributed by atoms with van der Waals surface area (Å²) in [5, 5.41) is 0. The van der Waals surface area contributed by atoms with Crippen LogP contribution in [-0.4, -0.2) is 12.1 Å². The van der Waals surface area contributed by atoms with Crippen LogP contribution in [0, 0.1) is 6.92 Å². The van der Waals surface area contributed by atoms with Crippen LogP contribution in [-0.2, 0) is 6.61 Å². The maximum Gasteiger partial charge on any atom is 0.219 e. The van der Waals surface area contributed by atoms with Crippen LogP contribution in [0.5, 0.6) is 11.6 Å². The Kier molecular flexibility index (Phi) is 3.67. The van der Waals surface area contributed by atoms with Gasteiger partial charge in [-0.3, -0.25) is 0 Å². The summed E-state index contributed by atoms with van der Waals surface area (Å²) >= 11 is 0. The van der Waals surface area contributed by atoms with Gasteiger partial charge in [0.1, 0.15) is 12.4 Å². The highest BCUT2D eigenvalue weighted by Crippen LogP contribution is 2.24. The van der Waals surface area contributed by atoms with Crippen molar-refractivity contribution in [2.24, 2.45) is 0 Å². The summed E-state index contributed by atoms with van der Waals surface area (Å²) in [4.78, 5) is 4.11.